The average Bonchev–Trinajstić information content (AvgIpc) is 3.11. The van der Waals surface area contributed by atoms with Crippen molar-refractivity contribution >= 4 is 11.7 Å². The summed E-state index contributed by atoms with van der Waals surface area (Å²) in [6.07, 6.45) is 0. The summed E-state index contributed by atoms with van der Waals surface area (Å²) < 4.78 is 10.6. The van der Waals surface area contributed by atoms with Crippen LogP contribution >= 0.6 is 0 Å². The molecule has 1 saturated heterocycles. The van der Waals surface area contributed by atoms with Crippen LogP contribution in [0.15, 0.2) is 24.3 Å². The van der Waals surface area contributed by atoms with Crippen LogP contribution in [0.3, 0.4) is 0 Å². The number of piperazine rings is 1. The first-order valence-electron chi connectivity index (χ1n) is 8.36. The molecule has 0 bridgehead atoms. The summed E-state index contributed by atoms with van der Waals surface area (Å²) >= 11 is 0. The van der Waals surface area contributed by atoms with Gasteiger partial charge in [-0.25, -0.2) is 0 Å². The third kappa shape index (κ3) is 2.97. The number of aryl methyl sites for hydroxylation is 2. The maximum atomic E-state index is 12.7. The maximum absolute atomic E-state index is 12.7. The van der Waals surface area contributed by atoms with Crippen molar-refractivity contribution in [1.82, 2.24) is 15.1 Å². The molecule has 0 aliphatic carbocycles. The van der Waals surface area contributed by atoms with E-state index in [1.165, 1.54) is 0 Å². The molecule has 1 aromatic heterocycles. The number of carbonyl (C=O) groups is 1. The van der Waals surface area contributed by atoms with Crippen LogP contribution in [0.5, 0.6) is 11.5 Å². The lowest BCUT2D eigenvalue weighted by Gasteiger charge is -2.35. The molecule has 1 aromatic carbocycles. The van der Waals surface area contributed by atoms with Crippen LogP contribution < -0.4 is 14.4 Å². The minimum atomic E-state index is 0.0177. The Morgan fingerprint density at radius 1 is 1.00 bits per heavy atom. The van der Waals surface area contributed by atoms with Crippen LogP contribution in [0, 0.1) is 13.8 Å². The van der Waals surface area contributed by atoms with Gasteiger partial charge in [0.15, 0.2) is 17.3 Å². The van der Waals surface area contributed by atoms with Crippen LogP contribution in [0.4, 0.5) is 5.82 Å². The first kappa shape index (κ1) is 15.7. The number of hydrogen-bond donors (Lipinski definition) is 0. The monoisotopic (exact) mass is 340 g/mol. The molecular weight excluding hydrogens is 320 g/mol. The molecule has 2 aromatic rings. The Kier molecular flexibility index (Phi) is 3.91. The molecule has 0 unspecified atom stereocenters. The van der Waals surface area contributed by atoms with Crippen molar-refractivity contribution in [1.29, 1.82) is 0 Å². The number of hydrogen-bond acceptors (Lipinski definition) is 6. The van der Waals surface area contributed by atoms with Gasteiger partial charge in [-0.05, 0) is 43.7 Å². The third-order valence-corrected chi connectivity index (χ3v) is 4.73. The van der Waals surface area contributed by atoms with Crippen molar-refractivity contribution < 1.29 is 14.3 Å². The number of fused-ring (bicyclic) bond motifs is 1. The summed E-state index contributed by atoms with van der Waals surface area (Å²) in [6.45, 7) is 6.99. The van der Waals surface area contributed by atoms with Gasteiger partial charge in [-0.2, -0.15) is 5.10 Å². The molecule has 7 nitrogen and oxygen atoms in total. The van der Waals surface area contributed by atoms with Crippen molar-refractivity contribution in [2.24, 2.45) is 0 Å². The van der Waals surface area contributed by atoms with Crippen LogP contribution in [-0.4, -0.2) is 54.0 Å². The van der Waals surface area contributed by atoms with Crippen LogP contribution in [0.25, 0.3) is 0 Å². The number of nitrogens with zero attached hydrogens (tertiary/aromatic N) is 4. The van der Waals surface area contributed by atoms with Crippen molar-refractivity contribution in [3.63, 3.8) is 0 Å². The van der Waals surface area contributed by atoms with Gasteiger partial charge in [0.2, 0.25) is 6.79 Å². The Bertz CT molecular complexity index is 816. The largest absolute Gasteiger partial charge is 0.454 e. The van der Waals surface area contributed by atoms with Gasteiger partial charge in [0.25, 0.3) is 5.91 Å². The summed E-state index contributed by atoms with van der Waals surface area (Å²) in [6, 6.07) is 7.39. The zero-order valence-electron chi connectivity index (χ0n) is 14.4. The molecular formula is C18H20N4O3. The van der Waals surface area contributed by atoms with Crippen LogP contribution in [-0.2, 0) is 0 Å². The summed E-state index contributed by atoms with van der Waals surface area (Å²) in [5.74, 6) is 2.21. The minimum absolute atomic E-state index is 0.0177. The van der Waals surface area contributed by atoms with Crippen molar-refractivity contribution in [2.75, 3.05) is 37.9 Å². The topological polar surface area (TPSA) is 67.8 Å². The van der Waals surface area contributed by atoms with E-state index >= 15 is 0 Å². The highest BCUT2D eigenvalue weighted by molar-refractivity contribution is 5.95. The molecule has 7 heteroatoms. The zero-order chi connectivity index (χ0) is 17.4. The quantitative estimate of drug-likeness (QED) is 0.830. The van der Waals surface area contributed by atoms with Gasteiger partial charge in [-0.15, -0.1) is 5.10 Å². The molecule has 1 fully saturated rings. The molecule has 0 N–H and O–H groups in total. The lowest BCUT2D eigenvalue weighted by molar-refractivity contribution is 0.0746. The highest BCUT2D eigenvalue weighted by Gasteiger charge is 2.25. The first-order chi connectivity index (χ1) is 12.1. The number of ether oxygens (including phenoxy) is 2. The normalized spacial score (nSPS) is 16.2. The molecule has 0 saturated carbocycles. The van der Waals surface area contributed by atoms with E-state index < -0.39 is 0 Å². The second-order valence-electron chi connectivity index (χ2n) is 6.32. The molecule has 0 spiro atoms. The number of anilines is 1. The Labute approximate surface area is 146 Å². The second kappa shape index (κ2) is 6.23. The minimum Gasteiger partial charge on any atom is -0.454 e. The summed E-state index contributed by atoms with van der Waals surface area (Å²) in [4.78, 5) is 16.8. The molecule has 3 heterocycles. The van der Waals surface area contributed by atoms with E-state index in [4.69, 9.17) is 9.47 Å². The Hall–Kier alpha value is -2.83. The van der Waals surface area contributed by atoms with E-state index in [1.54, 1.807) is 18.2 Å². The van der Waals surface area contributed by atoms with Gasteiger partial charge in [-0.3, -0.25) is 4.79 Å². The van der Waals surface area contributed by atoms with E-state index in [-0.39, 0.29) is 12.7 Å². The van der Waals surface area contributed by atoms with E-state index in [0.717, 1.165) is 30.2 Å². The molecule has 0 radical (unpaired) electrons. The van der Waals surface area contributed by atoms with Gasteiger partial charge in [0.1, 0.15) is 0 Å². The van der Waals surface area contributed by atoms with Crippen LogP contribution in [0.2, 0.25) is 0 Å². The average molecular weight is 340 g/mol. The van der Waals surface area contributed by atoms with E-state index in [9.17, 15) is 4.79 Å². The van der Waals surface area contributed by atoms with Crippen molar-refractivity contribution in [3.05, 3.63) is 41.1 Å². The van der Waals surface area contributed by atoms with Gasteiger partial charge in [0.05, 0.1) is 5.69 Å². The zero-order valence-corrected chi connectivity index (χ0v) is 14.4. The smallest absolute Gasteiger partial charge is 0.254 e. The fraction of sp³-hybridized carbons (Fsp3) is 0.389. The molecule has 1 amide bonds. The number of carbonyl (C=O) groups excluding carboxylic acids is 1. The van der Waals surface area contributed by atoms with Crippen LogP contribution in [0.1, 0.15) is 21.6 Å². The lowest BCUT2D eigenvalue weighted by atomic mass is 10.1. The maximum Gasteiger partial charge on any atom is 0.254 e. The molecule has 2 aliphatic rings. The van der Waals surface area contributed by atoms with E-state index in [1.807, 2.05) is 18.7 Å². The Morgan fingerprint density at radius 3 is 2.52 bits per heavy atom. The highest BCUT2D eigenvalue weighted by Crippen LogP contribution is 2.32. The predicted octanol–water partition coefficient (Wildman–Crippen LogP) is 1.78. The van der Waals surface area contributed by atoms with E-state index in [0.29, 0.717) is 30.2 Å². The summed E-state index contributed by atoms with van der Waals surface area (Å²) in [7, 11) is 0. The third-order valence-electron chi connectivity index (χ3n) is 4.73. The van der Waals surface area contributed by atoms with E-state index in [2.05, 4.69) is 21.2 Å². The first-order valence-corrected chi connectivity index (χ1v) is 8.36. The fourth-order valence-electron chi connectivity index (χ4n) is 3.04. The standard InChI is InChI=1S/C18H20N4O3/c1-12-9-17(20-19-13(12)2)21-5-7-22(8-6-21)18(23)14-3-4-15-16(10-14)25-11-24-15/h3-4,9-10H,5-8,11H2,1-2H3. The van der Waals surface area contributed by atoms with Gasteiger partial charge in [0, 0.05) is 31.7 Å². The Morgan fingerprint density at radius 2 is 1.76 bits per heavy atom. The second-order valence-corrected chi connectivity index (χ2v) is 6.32. The van der Waals surface area contributed by atoms with Gasteiger partial charge >= 0.3 is 0 Å². The number of benzene rings is 1. The fourth-order valence-corrected chi connectivity index (χ4v) is 3.04. The van der Waals surface area contributed by atoms with Gasteiger partial charge in [-0.1, -0.05) is 0 Å². The summed E-state index contributed by atoms with van der Waals surface area (Å²) in [5, 5.41) is 8.46. The summed E-state index contributed by atoms with van der Waals surface area (Å²) in [5.41, 5.74) is 2.70. The highest BCUT2D eigenvalue weighted by atomic mass is 16.7. The van der Waals surface area contributed by atoms with Crippen molar-refractivity contribution in [2.45, 2.75) is 13.8 Å². The molecule has 130 valence electrons. The molecule has 25 heavy (non-hydrogen) atoms. The predicted molar refractivity (Wildman–Crippen MR) is 92.2 cm³/mol. The lowest BCUT2D eigenvalue weighted by Crippen LogP contribution is -2.49. The number of aromatic nitrogens is 2. The molecule has 0 atom stereocenters. The SMILES string of the molecule is Cc1cc(N2CCN(C(=O)c3ccc4c(c3)OCO4)CC2)nnc1C. The molecule has 2 aliphatic heterocycles. The Balaban J connectivity index is 1.43. The molecule has 4 rings (SSSR count). The van der Waals surface area contributed by atoms with Crippen molar-refractivity contribution in [3.8, 4) is 11.5 Å². The van der Waals surface area contributed by atoms with Gasteiger partial charge < -0.3 is 19.3 Å². The number of rotatable bonds is 2. The number of amides is 1.